The van der Waals surface area contributed by atoms with Crippen LogP contribution in [0.1, 0.15) is 44.1 Å². The van der Waals surface area contributed by atoms with Crippen molar-refractivity contribution in [2.45, 2.75) is 44.9 Å². The molecule has 28 heavy (non-hydrogen) atoms. The first kappa shape index (κ1) is 18.1. The van der Waals surface area contributed by atoms with Crippen LogP contribution < -0.4 is 0 Å². The second kappa shape index (κ2) is 6.85. The third kappa shape index (κ3) is 3.23. The van der Waals surface area contributed by atoms with Crippen LogP contribution >= 0.6 is 0 Å². The fourth-order valence-corrected chi connectivity index (χ4v) is 6.76. The molecule has 0 atom stereocenters. The van der Waals surface area contributed by atoms with Gasteiger partial charge in [-0.1, -0.05) is 12.1 Å². The molecular formula is C23H29FN2O2. The second-order valence-corrected chi connectivity index (χ2v) is 9.67. The number of piperazine rings is 1. The Kier molecular flexibility index (Phi) is 4.44. The van der Waals surface area contributed by atoms with E-state index in [9.17, 15) is 14.0 Å². The highest BCUT2D eigenvalue weighted by atomic mass is 19.1. The minimum absolute atomic E-state index is 0.0634. The zero-order valence-corrected chi connectivity index (χ0v) is 16.4. The van der Waals surface area contributed by atoms with Crippen molar-refractivity contribution in [1.29, 1.82) is 0 Å². The lowest BCUT2D eigenvalue weighted by Crippen LogP contribution is -2.58. The van der Waals surface area contributed by atoms with Gasteiger partial charge in [-0.2, -0.15) is 0 Å². The molecule has 1 heterocycles. The lowest BCUT2D eigenvalue weighted by atomic mass is 9.49. The number of hydrogen-bond donors (Lipinski definition) is 0. The van der Waals surface area contributed by atoms with E-state index in [0.717, 1.165) is 42.6 Å². The Bertz CT molecular complexity index is 732. The maximum atomic E-state index is 13.4. The summed E-state index contributed by atoms with van der Waals surface area (Å²) in [5.41, 5.74) is 0.744. The molecule has 4 saturated carbocycles. The smallest absolute Gasteiger partial charge is 0.228 e. The summed E-state index contributed by atoms with van der Waals surface area (Å²) in [7, 11) is 0. The van der Waals surface area contributed by atoms with Crippen LogP contribution in [0.25, 0.3) is 0 Å². The maximum Gasteiger partial charge on any atom is 0.228 e. The summed E-state index contributed by atoms with van der Waals surface area (Å²) in [4.78, 5) is 29.9. The van der Waals surface area contributed by atoms with Gasteiger partial charge >= 0.3 is 0 Å². The van der Waals surface area contributed by atoms with Crippen molar-refractivity contribution in [2.24, 2.45) is 23.2 Å². The molecule has 1 saturated heterocycles. The number of amides is 2. The van der Waals surface area contributed by atoms with Crippen molar-refractivity contribution >= 4 is 11.8 Å². The number of benzene rings is 1. The minimum Gasteiger partial charge on any atom is -0.339 e. The molecule has 0 aromatic heterocycles. The largest absolute Gasteiger partial charge is 0.339 e. The normalized spacial score (nSPS) is 34.0. The van der Waals surface area contributed by atoms with Gasteiger partial charge in [0.25, 0.3) is 0 Å². The number of carbonyl (C=O) groups is 2. The Morgan fingerprint density at radius 3 is 1.89 bits per heavy atom. The van der Waals surface area contributed by atoms with Crippen molar-refractivity contribution < 1.29 is 14.0 Å². The Morgan fingerprint density at radius 2 is 1.36 bits per heavy atom. The molecule has 1 aromatic carbocycles. The molecule has 4 nitrogen and oxygen atoms in total. The van der Waals surface area contributed by atoms with Gasteiger partial charge in [0.15, 0.2) is 0 Å². The quantitative estimate of drug-likeness (QED) is 0.803. The van der Waals surface area contributed by atoms with Gasteiger partial charge in [0, 0.05) is 26.2 Å². The molecule has 5 aliphatic rings. The molecule has 0 spiro atoms. The molecule has 5 fully saturated rings. The van der Waals surface area contributed by atoms with Crippen molar-refractivity contribution in [3.05, 3.63) is 35.6 Å². The van der Waals surface area contributed by atoms with Crippen LogP contribution in [-0.2, 0) is 16.0 Å². The van der Waals surface area contributed by atoms with Crippen molar-refractivity contribution in [1.82, 2.24) is 9.80 Å². The van der Waals surface area contributed by atoms with Gasteiger partial charge in [-0.3, -0.25) is 9.59 Å². The second-order valence-electron chi connectivity index (χ2n) is 9.67. The number of carbonyl (C=O) groups excluding carboxylic acids is 2. The Morgan fingerprint density at radius 1 is 0.857 bits per heavy atom. The molecular weight excluding hydrogens is 355 g/mol. The van der Waals surface area contributed by atoms with Crippen LogP contribution in [0, 0.1) is 29.0 Å². The Balaban J connectivity index is 1.18. The van der Waals surface area contributed by atoms with E-state index >= 15 is 0 Å². The van der Waals surface area contributed by atoms with Gasteiger partial charge in [-0.15, -0.1) is 0 Å². The highest BCUT2D eigenvalue weighted by molar-refractivity contribution is 5.84. The Hall–Kier alpha value is -1.91. The van der Waals surface area contributed by atoms with Crippen molar-refractivity contribution in [3.63, 3.8) is 0 Å². The van der Waals surface area contributed by atoms with Gasteiger partial charge in [-0.25, -0.2) is 4.39 Å². The zero-order valence-electron chi connectivity index (χ0n) is 16.4. The van der Waals surface area contributed by atoms with Gasteiger partial charge in [0.05, 0.1) is 11.8 Å². The monoisotopic (exact) mass is 384 g/mol. The van der Waals surface area contributed by atoms with Crippen LogP contribution in [0.2, 0.25) is 0 Å². The summed E-state index contributed by atoms with van der Waals surface area (Å²) in [5, 5.41) is 0. The topological polar surface area (TPSA) is 40.6 Å². The number of hydrogen-bond acceptors (Lipinski definition) is 2. The van der Waals surface area contributed by atoms with Crippen molar-refractivity contribution in [2.75, 3.05) is 26.2 Å². The highest BCUT2D eigenvalue weighted by Gasteiger charge is 2.55. The third-order valence-electron chi connectivity index (χ3n) is 7.68. The first-order valence-electron chi connectivity index (χ1n) is 10.8. The van der Waals surface area contributed by atoms with E-state index in [1.54, 1.807) is 12.1 Å². The van der Waals surface area contributed by atoms with E-state index in [0.29, 0.717) is 38.5 Å². The van der Waals surface area contributed by atoms with E-state index in [1.807, 2.05) is 9.80 Å². The molecule has 5 heteroatoms. The van der Waals surface area contributed by atoms with Gasteiger partial charge in [0.2, 0.25) is 11.8 Å². The number of rotatable bonds is 3. The molecule has 4 aliphatic carbocycles. The average Bonchev–Trinajstić information content (AvgIpc) is 2.68. The molecule has 1 aliphatic heterocycles. The van der Waals surface area contributed by atoms with E-state index in [4.69, 9.17) is 0 Å². The molecule has 1 aromatic rings. The zero-order chi connectivity index (χ0) is 19.3. The predicted octanol–water partition coefficient (Wildman–Crippen LogP) is 3.26. The fourth-order valence-electron chi connectivity index (χ4n) is 6.76. The molecule has 0 N–H and O–H groups in total. The predicted molar refractivity (Wildman–Crippen MR) is 104 cm³/mol. The lowest BCUT2D eigenvalue weighted by molar-refractivity contribution is -0.160. The van der Waals surface area contributed by atoms with E-state index in [1.165, 1.54) is 31.4 Å². The van der Waals surface area contributed by atoms with Crippen LogP contribution in [-0.4, -0.2) is 47.8 Å². The summed E-state index contributed by atoms with van der Waals surface area (Å²) in [6.07, 6.45) is 7.63. The van der Waals surface area contributed by atoms with Crippen LogP contribution in [0.5, 0.6) is 0 Å². The summed E-state index contributed by atoms with van der Waals surface area (Å²) in [6, 6.07) is 6.12. The summed E-state index contributed by atoms with van der Waals surface area (Å²) in [6.45, 7) is 2.52. The van der Waals surface area contributed by atoms with Gasteiger partial charge < -0.3 is 9.80 Å². The third-order valence-corrected chi connectivity index (χ3v) is 7.68. The molecule has 150 valence electrons. The van der Waals surface area contributed by atoms with Gasteiger partial charge in [-0.05, 0) is 74.0 Å². The molecule has 0 radical (unpaired) electrons. The molecule has 4 bridgehead atoms. The standard InChI is InChI=1S/C23H29FN2O2/c24-20-3-1-16(2-4-20)12-21(27)25-5-7-26(8-6-25)22(28)23-13-17-9-18(14-23)11-19(10-17)15-23/h1-4,17-19H,5-15H2. The fraction of sp³-hybridized carbons (Fsp3) is 0.652. The maximum absolute atomic E-state index is 13.4. The van der Waals surface area contributed by atoms with Crippen LogP contribution in [0.15, 0.2) is 24.3 Å². The molecule has 0 unspecified atom stereocenters. The van der Waals surface area contributed by atoms with E-state index in [2.05, 4.69) is 0 Å². The SMILES string of the molecule is O=C(Cc1ccc(F)cc1)N1CCN(C(=O)C23CC4CC(CC(C4)C2)C3)CC1. The van der Waals surface area contributed by atoms with E-state index < -0.39 is 0 Å². The summed E-state index contributed by atoms with van der Waals surface area (Å²) >= 11 is 0. The number of halogens is 1. The van der Waals surface area contributed by atoms with Gasteiger partial charge in [0.1, 0.15) is 5.82 Å². The summed E-state index contributed by atoms with van der Waals surface area (Å²) < 4.78 is 13.0. The first-order valence-corrected chi connectivity index (χ1v) is 10.8. The Labute approximate surface area is 166 Å². The minimum atomic E-state index is -0.284. The molecule has 6 rings (SSSR count). The lowest BCUT2D eigenvalue weighted by Gasteiger charge is -2.57. The van der Waals surface area contributed by atoms with E-state index in [-0.39, 0.29) is 17.1 Å². The summed E-state index contributed by atoms with van der Waals surface area (Å²) in [5.74, 6) is 2.47. The van der Waals surface area contributed by atoms with Crippen molar-refractivity contribution in [3.8, 4) is 0 Å². The molecule has 2 amide bonds. The number of nitrogens with zero attached hydrogens (tertiary/aromatic N) is 2. The average molecular weight is 384 g/mol. The first-order chi connectivity index (χ1) is 13.5. The van der Waals surface area contributed by atoms with Crippen LogP contribution in [0.4, 0.5) is 4.39 Å². The van der Waals surface area contributed by atoms with Crippen LogP contribution in [0.3, 0.4) is 0 Å². The highest BCUT2D eigenvalue weighted by Crippen LogP contribution is 2.60.